The highest BCUT2D eigenvalue weighted by Crippen LogP contribution is 2.20. The number of halogens is 2. The molecule has 0 aliphatic rings. The first-order chi connectivity index (χ1) is 4.72. The first-order valence-electron chi connectivity index (χ1n) is 3.12. The van der Waals surface area contributed by atoms with Gasteiger partial charge in [0, 0.05) is 5.54 Å². The van der Waals surface area contributed by atoms with E-state index in [2.05, 4.69) is 6.58 Å². The molecule has 0 aliphatic heterocycles. The van der Waals surface area contributed by atoms with E-state index in [1.807, 2.05) is 6.92 Å². The number of hydrogen-bond acceptors (Lipinski definition) is 1. The van der Waals surface area contributed by atoms with Crippen LogP contribution in [0.3, 0.4) is 0 Å². The molecule has 0 N–H and O–H groups in total. The van der Waals surface area contributed by atoms with Crippen LogP contribution in [0.15, 0.2) is 12.8 Å². The Hall–Kier alpha value is 0.337. The van der Waals surface area contributed by atoms with Crippen molar-refractivity contribution in [3.63, 3.8) is 0 Å². The molecule has 59 valence electrons. The Kier molecular flexibility index (Phi) is 6.28. The predicted octanol–water partition coefficient (Wildman–Crippen LogP) is 2.89. The van der Waals surface area contributed by atoms with E-state index in [0.717, 1.165) is 6.42 Å². The van der Waals surface area contributed by atoms with Crippen LogP contribution in [0.5, 0.6) is 0 Å². The van der Waals surface area contributed by atoms with Gasteiger partial charge in [-0.15, -0.1) is 22.2 Å². The molecule has 1 radical (unpaired) electrons. The van der Waals surface area contributed by atoms with E-state index in [0.29, 0.717) is 12.1 Å². The molecule has 1 nitrogen and oxygen atoms in total. The van der Waals surface area contributed by atoms with Gasteiger partial charge in [0.2, 0.25) is 0 Å². The summed E-state index contributed by atoms with van der Waals surface area (Å²) in [6.07, 6.45) is 2.39. The molecule has 0 saturated carbocycles. The second kappa shape index (κ2) is 6.07. The largest absolute Gasteiger partial charge is 0.502 e. The maximum absolute atomic E-state index is 5.73. The molecule has 0 rings (SSSR count). The van der Waals surface area contributed by atoms with Gasteiger partial charge >= 0.3 is 0 Å². The summed E-state index contributed by atoms with van der Waals surface area (Å²) >= 11 is 11.5. The zero-order chi connectivity index (χ0) is 7.98. The molecular formula is C6H11Cl2OSi. The van der Waals surface area contributed by atoms with Gasteiger partial charge in [-0.2, -0.15) is 0 Å². The van der Waals surface area contributed by atoms with Gasteiger partial charge in [0.25, 0.3) is 7.42 Å². The zero-order valence-corrected chi connectivity index (χ0v) is 8.45. The molecule has 0 bridgehead atoms. The van der Waals surface area contributed by atoms with Crippen molar-refractivity contribution in [3.8, 4) is 0 Å². The van der Waals surface area contributed by atoms with Crippen LogP contribution in [0.2, 0.25) is 5.54 Å². The summed E-state index contributed by atoms with van der Waals surface area (Å²) in [5.74, 6) is 0. The highest BCUT2D eigenvalue weighted by atomic mass is 35.7. The molecule has 10 heavy (non-hydrogen) atoms. The predicted molar refractivity (Wildman–Crippen MR) is 47.7 cm³/mol. The molecule has 1 unspecified atom stereocenters. The average molecular weight is 198 g/mol. The molecular weight excluding hydrogens is 187 g/mol. The fraction of sp³-hybridized carbons (Fsp3) is 0.667. The summed E-state index contributed by atoms with van der Waals surface area (Å²) in [7, 11) is -1.22. The van der Waals surface area contributed by atoms with E-state index in [-0.39, 0.29) is 0 Å². The van der Waals surface area contributed by atoms with E-state index in [4.69, 9.17) is 26.9 Å². The van der Waals surface area contributed by atoms with Crippen LogP contribution in [-0.2, 0) is 4.74 Å². The van der Waals surface area contributed by atoms with Crippen LogP contribution >= 0.6 is 22.2 Å². The maximum atomic E-state index is 5.73. The van der Waals surface area contributed by atoms with Gasteiger partial charge in [0.1, 0.15) is 0 Å². The molecule has 0 aromatic heterocycles. The third kappa shape index (κ3) is 4.20. The Morgan fingerprint density at radius 3 is 2.60 bits per heavy atom. The standard InChI is InChI=1S/C6H11Cl2OSi/c1-3-6(10(7)8)5-9-4-2/h4,6H,2-3,5H2,1H3. The Morgan fingerprint density at radius 2 is 2.30 bits per heavy atom. The Morgan fingerprint density at radius 1 is 1.70 bits per heavy atom. The van der Waals surface area contributed by atoms with Crippen LogP contribution in [0.25, 0.3) is 0 Å². The number of hydrogen-bond donors (Lipinski definition) is 0. The van der Waals surface area contributed by atoms with Crippen molar-refractivity contribution in [2.75, 3.05) is 6.61 Å². The van der Waals surface area contributed by atoms with Crippen LogP contribution in [0, 0.1) is 0 Å². The second-order valence-electron chi connectivity index (χ2n) is 1.89. The van der Waals surface area contributed by atoms with E-state index in [1.165, 1.54) is 6.26 Å². The van der Waals surface area contributed by atoms with Gasteiger partial charge in [0.15, 0.2) is 0 Å². The van der Waals surface area contributed by atoms with E-state index >= 15 is 0 Å². The summed E-state index contributed by atoms with van der Waals surface area (Å²) < 4.78 is 4.97. The Labute approximate surface area is 73.0 Å². The maximum Gasteiger partial charge on any atom is 0.280 e. The van der Waals surface area contributed by atoms with Crippen LogP contribution in [0.4, 0.5) is 0 Å². The van der Waals surface area contributed by atoms with Crippen molar-refractivity contribution in [3.05, 3.63) is 12.8 Å². The smallest absolute Gasteiger partial charge is 0.280 e. The molecule has 0 fully saturated rings. The minimum Gasteiger partial charge on any atom is -0.502 e. The number of rotatable bonds is 5. The van der Waals surface area contributed by atoms with Gasteiger partial charge in [-0.3, -0.25) is 0 Å². The van der Waals surface area contributed by atoms with Crippen LogP contribution in [0.1, 0.15) is 13.3 Å². The SMILES string of the molecule is C=COCC(CC)[Si](Cl)Cl. The minimum absolute atomic E-state index is 0.311. The van der Waals surface area contributed by atoms with E-state index < -0.39 is 7.42 Å². The highest BCUT2D eigenvalue weighted by Gasteiger charge is 2.18. The molecule has 0 amide bonds. The monoisotopic (exact) mass is 197 g/mol. The average Bonchev–Trinajstić information content (AvgIpc) is 1.89. The summed E-state index contributed by atoms with van der Waals surface area (Å²) in [6.45, 7) is 6.08. The highest BCUT2D eigenvalue weighted by molar-refractivity contribution is 7.34. The van der Waals surface area contributed by atoms with Crippen molar-refractivity contribution in [2.24, 2.45) is 0 Å². The third-order valence-electron chi connectivity index (χ3n) is 1.22. The third-order valence-corrected chi connectivity index (χ3v) is 4.26. The van der Waals surface area contributed by atoms with Gasteiger partial charge in [0.05, 0.1) is 12.9 Å². The van der Waals surface area contributed by atoms with Crippen molar-refractivity contribution < 1.29 is 4.74 Å². The summed E-state index contributed by atoms with van der Waals surface area (Å²) in [4.78, 5) is 0. The molecule has 0 spiro atoms. The van der Waals surface area contributed by atoms with Crippen molar-refractivity contribution in [1.29, 1.82) is 0 Å². The quantitative estimate of drug-likeness (QED) is 0.375. The lowest BCUT2D eigenvalue weighted by Gasteiger charge is -2.11. The first-order valence-corrected chi connectivity index (χ1v) is 6.72. The molecule has 1 atom stereocenters. The lowest BCUT2D eigenvalue weighted by molar-refractivity contribution is 0.244. The second-order valence-corrected chi connectivity index (χ2v) is 6.31. The summed E-state index contributed by atoms with van der Waals surface area (Å²) in [5.41, 5.74) is 0.311. The van der Waals surface area contributed by atoms with Crippen LogP contribution < -0.4 is 0 Å². The fourth-order valence-corrected chi connectivity index (χ4v) is 2.35. The molecule has 0 saturated heterocycles. The minimum atomic E-state index is -1.22. The Balaban J connectivity index is 3.49. The Bertz CT molecular complexity index is 97.7. The molecule has 0 aliphatic carbocycles. The van der Waals surface area contributed by atoms with Gasteiger partial charge < -0.3 is 4.74 Å². The van der Waals surface area contributed by atoms with Crippen LogP contribution in [-0.4, -0.2) is 14.0 Å². The first kappa shape index (κ1) is 10.3. The van der Waals surface area contributed by atoms with Crippen molar-refractivity contribution in [1.82, 2.24) is 0 Å². The number of ether oxygens (including phenoxy) is 1. The van der Waals surface area contributed by atoms with E-state index in [1.54, 1.807) is 0 Å². The van der Waals surface area contributed by atoms with Gasteiger partial charge in [-0.1, -0.05) is 19.9 Å². The lowest BCUT2D eigenvalue weighted by Crippen LogP contribution is -2.11. The van der Waals surface area contributed by atoms with Crippen molar-refractivity contribution >= 4 is 29.6 Å². The topological polar surface area (TPSA) is 9.23 Å². The zero-order valence-electron chi connectivity index (χ0n) is 5.94. The molecule has 0 aromatic carbocycles. The summed E-state index contributed by atoms with van der Waals surface area (Å²) in [5, 5.41) is 0. The fourth-order valence-electron chi connectivity index (χ4n) is 0.519. The normalized spacial score (nSPS) is 13.2. The van der Waals surface area contributed by atoms with Crippen molar-refractivity contribution in [2.45, 2.75) is 18.9 Å². The van der Waals surface area contributed by atoms with E-state index in [9.17, 15) is 0 Å². The molecule has 0 heterocycles. The molecule has 4 heteroatoms. The molecule has 0 aromatic rings. The van der Waals surface area contributed by atoms with Gasteiger partial charge in [-0.05, 0) is 0 Å². The van der Waals surface area contributed by atoms with Gasteiger partial charge in [-0.25, -0.2) is 0 Å². The summed E-state index contributed by atoms with van der Waals surface area (Å²) in [6, 6.07) is 0. The lowest BCUT2D eigenvalue weighted by atomic mass is 10.3.